The van der Waals surface area contributed by atoms with E-state index in [1.165, 1.54) is 18.2 Å². The number of hydrogen-bond acceptors (Lipinski definition) is 4. The van der Waals surface area contributed by atoms with Crippen molar-refractivity contribution in [3.8, 4) is 0 Å². The maximum atomic E-state index is 13.0. The second-order valence-electron chi connectivity index (χ2n) is 3.78. The fourth-order valence-corrected chi connectivity index (χ4v) is 3.57. The summed E-state index contributed by atoms with van der Waals surface area (Å²) in [5.74, 6) is -0.888. The molecule has 5 nitrogen and oxygen atoms in total. The van der Waals surface area contributed by atoms with Crippen LogP contribution < -0.4 is 5.32 Å². The van der Waals surface area contributed by atoms with Gasteiger partial charge < -0.3 is 14.4 Å². The van der Waals surface area contributed by atoms with Crippen molar-refractivity contribution in [2.24, 2.45) is 0 Å². The van der Waals surface area contributed by atoms with Crippen molar-refractivity contribution in [2.45, 2.75) is 13.8 Å². The molecule has 0 aliphatic heterocycles. The predicted octanol–water partition coefficient (Wildman–Crippen LogP) is 3.63. The summed E-state index contributed by atoms with van der Waals surface area (Å²) in [5.41, 5.74) is 0.455. The topological polar surface area (TPSA) is 64.6 Å². The van der Waals surface area contributed by atoms with Crippen molar-refractivity contribution in [1.29, 1.82) is 0 Å². The zero-order chi connectivity index (χ0) is 15.2. The van der Waals surface area contributed by atoms with Gasteiger partial charge in [0.15, 0.2) is 0 Å². The van der Waals surface area contributed by atoms with E-state index in [0.717, 1.165) is 0 Å². The summed E-state index contributed by atoms with van der Waals surface area (Å²) in [5, 5.41) is 2.56. The maximum absolute atomic E-state index is 13.0. The number of halogens is 2. The van der Waals surface area contributed by atoms with Gasteiger partial charge >= 0.3 is 7.60 Å². The normalized spacial score (nSPS) is 11.4. The Hall–Kier alpha value is -0.500. The molecule has 0 aliphatic carbocycles. The number of carbonyl (C=O) groups is 1. The Bertz CT molecular complexity index is 516. The zero-order valence-electron chi connectivity index (χ0n) is 11.2. The number of nitrogens with one attached hydrogen (secondary N) is 1. The third kappa shape index (κ3) is 5.47. The summed E-state index contributed by atoms with van der Waals surface area (Å²) in [6.07, 6.45) is -0.373. The number of hydrogen-bond donors (Lipinski definition) is 1. The molecular formula is C12H16FINO4P. The summed E-state index contributed by atoms with van der Waals surface area (Å²) in [7, 11) is -3.43. The fourth-order valence-electron chi connectivity index (χ4n) is 1.48. The van der Waals surface area contributed by atoms with E-state index in [2.05, 4.69) is 5.32 Å². The molecule has 0 aliphatic rings. The van der Waals surface area contributed by atoms with Crippen LogP contribution in [0.1, 0.15) is 13.8 Å². The van der Waals surface area contributed by atoms with Crippen LogP contribution in [0, 0.1) is 9.39 Å². The molecule has 0 unspecified atom stereocenters. The first-order chi connectivity index (χ1) is 9.40. The Morgan fingerprint density at radius 3 is 2.45 bits per heavy atom. The largest absolute Gasteiger partial charge is 0.340 e. The van der Waals surface area contributed by atoms with E-state index >= 15 is 0 Å². The van der Waals surface area contributed by atoms with Crippen LogP contribution in [-0.4, -0.2) is 25.3 Å². The quantitative estimate of drug-likeness (QED) is 0.546. The van der Waals surface area contributed by atoms with Gasteiger partial charge in [-0.15, -0.1) is 0 Å². The minimum Gasteiger partial charge on any atom is -0.325 e. The van der Waals surface area contributed by atoms with Crippen LogP contribution in [0.4, 0.5) is 10.1 Å². The van der Waals surface area contributed by atoms with Crippen LogP contribution in [0.15, 0.2) is 18.2 Å². The van der Waals surface area contributed by atoms with E-state index < -0.39 is 13.5 Å². The summed E-state index contributed by atoms with van der Waals surface area (Å²) in [6.45, 7) is 3.73. The molecule has 8 heteroatoms. The van der Waals surface area contributed by atoms with Gasteiger partial charge in [0.2, 0.25) is 5.91 Å². The molecule has 0 heterocycles. The van der Waals surface area contributed by atoms with E-state index in [1.807, 2.05) is 22.6 Å². The predicted molar refractivity (Wildman–Crippen MR) is 83.5 cm³/mol. The molecule has 0 radical (unpaired) electrons. The lowest BCUT2D eigenvalue weighted by Crippen LogP contribution is -2.19. The number of amides is 1. The number of carbonyl (C=O) groups excluding carboxylic acids is 1. The van der Waals surface area contributed by atoms with Gasteiger partial charge in [-0.2, -0.15) is 0 Å². The average Bonchev–Trinajstić information content (AvgIpc) is 2.33. The molecule has 1 amide bonds. The molecule has 20 heavy (non-hydrogen) atoms. The van der Waals surface area contributed by atoms with Gasteiger partial charge in [-0.05, 0) is 54.6 Å². The Balaban J connectivity index is 2.73. The minimum absolute atomic E-state index is 0.193. The third-order valence-corrected chi connectivity index (χ3v) is 5.06. The van der Waals surface area contributed by atoms with E-state index in [0.29, 0.717) is 9.26 Å². The summed E-state index contributed by atoms with van der Waals surface area (Å²) < 4.78 is 35.8. The van der Waals surface area contributed by atoms with Gasteiger partial charge in [0.1, 0.15) is 12.0 Å². The fraction of sp³-hybridized carbons (Fsp3) is 0.417. The summed E-state index contributed by atoms with van der Waals surface area (Å²) >= 11 is 1.90. The molecule has 1 N–H and O–H groups in total. The number of benzene rings is 1. The molecule has 1 aromatic carbocycles. The van der Waals surface area contributed by atoms with Crippen molar-refractivity contribution >= 4 is 41.8 Å². The van der Waals surface area contributed by atoms with Crippen LogP contribution in [0.25, 0.3) is 0 Å². The van der Waals surface area contributed by atoms with Crippen molar-refractivity contribution in [2.75, 3.05) is 24.7 Å². The van der Waals surface area contributed by atoms with Crippen LogP contribution >= 0.6 is 30.2 Å². The van der Waals surface area contributed by atoms with Gasteiger partial charge in [0, 0.05) is 3.57 Å². The highest BCUT2D eigenvalue weighted by atomic mass is 127. The lowest BCUT2D eigenvalue weighted by Gasteiger charge is -2.16. The van der Waals surface area contributed by atoms with Crippen molar-refractivity contribution in [3.63, 3.8) is 0 Å². The zero-order valence-corrected chi connectivity index (χ0v) is 14.2. The molecule has 1 rings (SSSR count). The molecule has 112 valence electrons. The lowest BCUT2D eigenvalue weighted by molar-refractivity contribution is -0.114. The highest BCUT2D eigenvalue weighted by Gasteiger charge is 2.27. The smallest absolute Gasteiger partial charge is 0.325 e. The van der Waals surface area contributed by atoms with E-state index in [-0.39, 0.29) is 25.2 Å². The van der Waals surface area contributed by atoms with Crippen molar-refractivity contribution < 1.29 is 22.8 Å². The second kappa shape index (κ2) is 8.07. The standard InChI is InChI=1S/C12H16FINO4P/c1-3-18-20(17,19-4-2)8-12(16)15-11-6-5-9(13)7-10(11)14/h5-7H,3-4,8H2,1-2H3,(H,15,16). The van der Waals surface area contributed by atoms with Crippen LogP contribution in [-0.2, 0) is 18.4 Å². The Morgan fingerprint density at radius 1 is 1.35 bits per heavy atom. The highest BCUT2D eigenvalue weighted by molar-refractivity contribution is 14.1. The number of rotatable bonds is 7. The lowest BCUT2D eigenvalue weighted by atomic mass is 10.3. The van der Waals surface area contributed by atoms with E-state index in [1.54, 1.807) is 13.8 Å². The van der Waals surface area contributed by atoms with Gasteiger partial charge in [0.05, 0.1) is 18.9 Å². The molecule has 0 saturated heterocycles. The monoisotopic (exact) mass is 415 g/mol. The summed E-state index contributed by atoms with van der Waals surface area (Å²) in [6, 6.07) is 3.98. The SMILES string of the molecule is CCOP(=O)(CC(=O)Nc1ccc(F)cc1I)OCC. The first-order valence-corrected chi connectivity index (χ1v) is 8.84. The molecule has 0 saturated carbocycles. The third-order valence-electron chi connectivity index (χ3n) is 2.19. The average molecular weight is 415 g/mol. The van der Waals surface area contributed by atoms with E-state index in [4.69, 9.17) is 9.05 Å². The van der Waals surface area contributed by atoms with Crippen LogP contribution in [0.2, 0.25) is 0 Å². The van der Waals surface area contributed by atoms with Gasteiger partial charge in [-0.25, -0.2) is 4.39 Å². The molecular weight excluding hydrogens is 399 g/mol. The maximum Gasteiger partial charge on any atom is 0.340 e. The molecule has 0 fully saturated rings. The molecule has 0 bridgehead atoms. The second-order valence-corrected chi connectivity index (χ2v) is 6.99. The molecule has 0 aromatic heterocycles. The Kier molecular flexibility index (Phi) is 7.08. The van der Waals surface area contributed by atoms with Crippen LogP contribution in [0.3, 0.4) is 0 Å². The van der Waals surface area contributed by atoms with Crippen molar-refractivity contribution in [1.82, 2.24) is 0 Å². The van der Waals surface area contributed by atoms with Gasteiger partial charge in [-0.1, -0.05) is 0 Å². The van der Waals surface area contributed by atoms with Crippen LogP contribution in [0.5, 0.6) is 0 Å². The van der Waals surface area contributed by atoms with E-state index in [9.17, 15) is 13.8 Å². The van der Waals surface area contributed by atoms with Crippen molar-refractivity contribution in [3.05, 3.63) is 27.6 Å². The highest BCUT2D eigenvalue weighted by Crippen LogP contribution is 2.47. The molecule has 0 spiro atoms. The molecule has 1 aromatic rings. The first-order valence-electron chi connectivity index (χ1n) is 6.03. The number of anilines is 1. The Labute approximate surface area is 130 Å². The summed E-state index contributed by atoms with van der Waals surface area (Å²) in [4.78, 5) is 11.9. The Morgan fingerprint density at radius 2 is 1.95 bits per heavy atom. The minimum atomic E-state index is -3.43. The van der Waals surface area contributed by atoms with Gasteiger partial charge in [0.25, 0.3) is 0 Å². The molecule has 0 atom stereocenters. The first kappa shape index (κ1) is 17.6. The van der Waals surface area contributed by atoms with Gasteiger partial charge in [-0.3, -0.25) is 9.36 Å².